The molecule has 1 aromatic carbocycles. The maximum Gasteiger partial charge on any atom is 0.165 e. The van der Waals surface area contributed by atoms with E-state index in [0.29, 0.717) is 5.56 Å². The zero-order valence-electron chi connectivity index (χ0n) is 11.0. The molecular weight excluding hydrogens is 269 g/mol. The average molecular weight is 290 g/mol. The minimum Gasteiger partial charge on any atom is -0.494 e. The minimum absolute atomic E-state index is 0. The molecule has 0 bridgehead atoms. The van der Waals surface area contributed by atoms with Gasteiger partial charge in [-0.3, -0.25) is 0 Å². The maximum absolute atomic E-state index is 13.3. The highest BCUT2D eigenvalue weighted by Crippen LogP contribution is 2.33. The Morgan fingerprint density at radius 3 is 2.58 bits per heavy atom. The Kier molecular flexibility index (Phi) is 6.04. The molecule has 0 unspecified atom stereocenters. The van der Waals surface area contributed by atoms with E-state index < -0.39 is 18.0 Å². The van der Waals surface area contributed by atoms with Crippen molar-refractivity contribution < 1.29 is 14.2 Å². The molecule has 2 rings (SSSR count). The Morgan fingerprint density at radius 1 is 1.37 bits per heavy atom. The van der Waals surface area contributed by atoms with Gasteiger partial charge >= 0.3 is 0 Å². The van der Waals surface area contributed by atoms with Crippen LogP contribution in [0.4, 0.5) is 4.39 Å². The molecule has 1 saturated carbocycles. The van der Waals surface area contributed by atoms with Crippen LogP contribution in [0.2, 0.25) is 0 Å². The van der Waals surface area contributed by atoms with Gasteiger partial charge in [0.25, 0.3) is 0 Å². The van der Waals surface area contributed by atoms with Gasteiger partial charge in [-0.25, -0.2) is 4.39 Å². The molecule has 0 saturated heterocycles. The van der Waals surface area contributed by atoms with Crippen molar-refractivity contribution in [2.75, 3.05) is 7.11 Å². The Labute approximate surface area is 119 Å². The molecule has 3 nitrogen and oxygen atoms in total. The standard InChI is InChI=1S/C14H20FNO2.ClH/c1-18-12-8-10(6-7-11(12)15)13(16)14(17)9-4-2-3-5-9;/h6-9,13-14,17H,2-5,16H2,1H3;1H/t13-,14+;/m1./s1. The number of benzene rings is 1. The molecule has 0 radical (unpaired) electrons. The van der Waals surface area contributed by atoms with E-state index in [1.807, 2.05) is 0 Å². The maximum atomic E-state index is 13.3. The topological polar surface area (TPSA) is 55.5 Å². The second-order valence-corrected chi connectivity index (χ2v) is 4.95. The molecule has 0 heterocycles. The van der Waals surface area contributed by atoms with Crippen LogP contribution >= 0.6 is 12.4 Å². The zero-order chi connectivity index (χ0) is 13.1. The van der Waals surface area contributed by atoms with Crippen LogP contribution in [-0.2, 0) is 0 Å². The molecule has 1 aliphatic rings. The molecule has 108 valence electrons. The van der Waals surface area contributed by atoms with Gasteiger partial charge in [0.05, 0.1) is 19.3 Å². The SMILES string of the molecule is COc1cc([C@@H](N)[C@@H](O)C2CCCC2)ccc1F.Cl. The first-order valence-corrected chi connectivity index (χ1v) is 6.40. The lowest BCUT2D eigenvalue weighted by Crippen LogP contribution is -2.31. The summed E-state index contributed by atoms with van der Waals surface area (Å²) in [6, 6.07) is 4.02. The summed E-state index contributed by atoms with van der Waals surface area (Å²) in [6.45, 7) is 0. The summed E-state index contributed by atoms with van der Waals surface area (Å²) in [5.41, 5.74) is 6.78. The van der Waals surface area contributed by atoms with Gasteiger partial charge in [-0.1, -0.05) is 18.9 Å². The number of aliphatic hydroxyl groups excluding tert-OH is 1. The number of hydrogen-bond acceptors (Lipinski definition) is 3. The first kappa shape index (κ1) is 16.2. The number of nitrogens with two attached hydrogens (primary N) is 1. The smallest absolute Gasteiger partial charge is 0.165 e. The lowest BCUT2D eigenvalue weighted by atomic mass is 9.91. The van der Waals surface area contributed by atoms with E-state index in [9.17, 15) is 9.50 Å². The minimum atomic E-state index is -0.567. The van der Waals surface area contributed by atoms with Gasteiger partial charge in [-0.2, -0.15) is 0 Å². The third kappa shape index (κ3) is 3.59. The summed E-state index contributed by atoms with van der Waals surface area (Å²) in [5.74, 6) is 0.0152. The Morgan fingerprint density at radius 2 is 2.00 bits per heavy atom. The van der Waals surface area contributed by atoms with Crippen molar-refractivity contribution in [3.05, 3.63) is 29.6 Å². The largest absolute Gasteiger partial charge is 0.494 e. The number of methoxy groups -OCH3 is 1. The monoisotopic (exact) mass is 289 g/mol. The summed E-state index contributed by atoms with van der Waals surface area (Å²) in [6.07, 6.45) is 3.78. The average Bonchev–Trinajstić information content (AvgIpc) is 2.91. The number of aliphatic hydroxyl groups is 1. The van der Waals surface area contributed by atoms with Crippen LogP contribution in [0, 0.1) is 11.7 Å². The van der Waals surface area contributed by atoms with E-state index >= 15 is 0 Å². The zero-order valence-corrected chi connectivity index (χ0v) is 11.8. The first-order valence-electron chi connectivity index (χ1n) is 6.40. The highest BCUT2D eigenvalue weighted by Gasteiger charge is 2.29. The lowest BCUT2D eigenvalue weighted by molar-refractivity contribution is 0.0844. The predicted molar refractivity (Wildman–Crippen MR) is 75.1 cm³/mol. The van der Waals surface area contributed by atoms with Crippen LogP contribution in [0.15, 0.2) is 18.2 Å². The number of ether oxygens (including phenoxy) is 1. The van der Waals surface area contributed by atoms with Gasteiger partial charge in [0, 0.05) is 0 Å². The highest BCUT2D eigenvalue weighted by atomic mass is 35.5. The van der Waals surface area contributed by atoms with Crippen molar-refractivity contribution in [1.29, 1.82) is 0 Å². The quantitative estimate of drug-likeness (QED) is 0.896. The van der Waals surface area contributed by atoms with Crippen molar-refractivity contribution in [2.45, 2.75) is 37.8 Å². The molecule has 2 atom stereocenters. The van der Waals surface area contributed by atoms with Crippen LogP contribution in [0.25, 0.3) is 0 Å². The molecule has 3 N–H and O–H groups in total. The van der Waals surface area contributed by atoms with E-state index in [0.717, 1.165) is 25.7 Å². The molecule has 0 aromatic heterocycles. The third-order valence-electron chi connectivity index (χ3n) is 3.81. The predicted octanol–water partition coefficient (Wildman–Crippen LogP) is 2.81. The van der Waals surface area contributed by atoms with E-state index in [2.05, 4.69) is 0 Å². The Balaban J connectivity index is 0.00000180. The lowest BCUT2D eigenvalue weighted by Gasteiger charge is -2.24. The van der Waals surface area contributed by atoms with Gasteiger partial charge in [-0.05, 0) is 36.5 Å². The van der Waals surface area contributed by atoms with Crippen molar-refractivity contribution >= 4 is 12.4 Å². The number of halogens is 2. The van der Waals surface area contributed by atoms with Crippen molar-refractivity contribution in [3.63, 3.8) is 0 Å². The third-order valence-corrected chi connectivity index (χ3v) is 3.81. The molecule has 0 amide bonds. The Hall–Kier alpha value is -0.840. The fourth-order valence-electron chi connectivity index (χ4n) is 2.67. The van der Waals surface area contributed by atoms with Crippen LogP contribution in [-0.4, -0.2) is 18.3 Å². The van der Waals surface area contributed by atoms with Gasteiger partial charge in [0.1, 0.15) is 0 Å². The fraction of sp³-hybridized carbons (Fsp3) is 0.571. The summed E-state index contributed by atoms with van der Waals surface area (Å²) in [7, 11) is 1.42. The summed E-state index contributed by atoms with van der Waals surface area (Å²) >= 11 is 0. The van der Waals surface area contributed by atoms with Gasteiger partial charge < -0.3 is 15.6 Å². The Bertz CT molecular complexity index is 410. The van der Waals surface area contributed by atoms with Crippen LogP contribution in [0.5, 0.6) is 5.75 Å². The fourth-order valence-corrected chi connectivity index (χ4v) is 2.67. The highest BCUT2D eigenvalue weighted by molar-refractivity contribution is 5.85. The summed E-state index contributed by atoms with van der Waals surface area (Å²) in [4.78, 5) is 0. The molecule has 0 aliphatic heterocycles. The van der Waals surface area contributed by atoms with E-state index in [-0.39, 0.29) is 24.1 Å². The first-order chi connectivity index (χ1) is 8.63. The van der Waals surface area contributed by atoms with Crippen molar-refractivity contribution in [3.8, 4) is 5.75 Å². The molecule has 1 aromatic rings. The second-order valence-electron chi connectivity index (χ2n) is 4.95. The van der Waals surface area contributed by atoms with Crippen LogP contribution in [0.1, 0.15) is 37.3 Å². The number of rotatable bonds is 4. The van der Waals surface area contributed by atoms with E-state index in [4.69, 9.17) is 10.5 Å². The second kappa shape index (κ2) is 7.08. The van der Waals surface area contributed by atoms with E-state index in [1.165, 1.54) is 13.2 Å². The normalized spacial score (nSPS) is 18.7. The van der Waals surface area contributed by atoms with Crippen LogP contribution < -0.4 is 10.5 Å². The van der Waals surface area contributed by atoms with E-state index in [1.54, 1.807) is 12.1 Å². The molecular formula is C14H21ClFNO2. The molecule has 1 aliphatic carbocycles. The molecule has 5 heteroatoms. The number of hydrogen-bond donors (Lipinski definition) is 2. The summed E-state index contributed by atoms with van der Waals surface area (Å²) in [5, 5.41) is 10.2. The van der Waals surface area contributed by atoms with Gasteiger partial charge in [0.2, 0.25) is 0 Å². The van der Waals surface area contributed by atoms with Crippen molar-refractivity contribution in [1.82, 2.24) is 0 Å². The molecule has 0 spiro atoms. The van der Waals surface area contributed by atoms with Crippen LogP contribution in [0.3, 0.4) is 0 Å². The van der Waals surface area contributed by atoms with Crippen molar-refractivity contribution in [2.24, 2.45) is 11.7 Å². The van der Waals surface area contributed by atoms with Gasteiger partial charge in [-0.15, -0.1) is 12.4 Å². The molecule has 1 fully saturated rings. The summed E-state index contributed by atoms with van der Waals surface area (Å²) < 4.78 is 18.2. The molecule has 19 heavy (non-hydrogen) atoms. The van der Waals surface area contributed by atoms with Gasteiger partial charge in [0.15, 0.2) is 11.6 Å².